The summed E-state index contributed by atoms with van der Waals surface area (Å²) in [5, 5.41) is 2.89. The summed E-state index contributed by atoms with van der Waals surface area (Å²) in [6.07, 6.45) is 3.65. The molecule has 1 aliphatic heterocycles. The molecule has 29 heavy (non-hydrogen) atoms. The first-order valence-electron chi connectivity index (χ1n) is 9.61. The molecular weight excluding hydrogens is 384 g/mol. The summed E-state index contributed by atoms with van der Waals surface area (Å²) in [6.45, 7) is 3.28. The number of benzene rings is 1. The molecule has 0 saturated heterocycles. The Balaban J connectivity index is 1.40. The molecule has 0 saturated carbocycles. The van der Waals surface area contributed by atoms with E-state index in [2.05, 4.69) is 15.3 Å². The first kappa shape index (κ1) is 19.3. The van der Waals surface area contributed by atoms with E-state index in [0.717, 1.165) is 30.6 Å². The highest BCUT2D eigenvalue weighted by Gasteiger charge is 2.21. The van der Waals surface area contributed by atoms with Crippen molar-refractivity contribution in [3.63, 3.8) is 0 Å². The lowest BCUT2D eigenvalue weighted by atomic mass is 9.98. The Bertz CT molecular complexity index is 1030. The number of hydrogen-bond acceptors (Lipinski definition) is 5. The lowest BCUT2D eigenvalue weighted by molar-refractivity contribution is -0.132. The fourth-order valence-corrected chi connectivity index (χ4v) is 4.27. The third kappa shape index (κ3) is 4.51. The SMILES string of the molecule is Cc1ncsc1CCC(=O)N1CCc2ccc(NC(=O)c3ccccn3)cc2C1. The monoisotopic (exact) mass is 406 g/mol. The van der Waals surface area contributed by atoms with Gasteiger partial charge in [0.1, 0.15) is 5.69 Å². The normalized spacial score (nSPS) is 13.1. The average molecular weight is 407 g/mol. The van der Waals surface area contributed by atoms with Crippen LogP contribution in [0.4, 0.5) is 5.69 Å². The maximum absolute atomic E-state index is 12.7. The molecule has 6 nitrogen and oxygen atoms in total. The van der Waals surface area contributed by atoms with Gasteiger partial charge in [0.05, 0.1) is 11.2 Å². The Labute approximate surface area is 173 Å². The number of nitrogens with zero attached hydrogens (tertiary/aromatic N) is 3. The van der Waals surface area contributed by atoms with Crippen molar-refractivity contribution in [2.45, 2.75) is 32.7 Å². The molecule has 1 aromatic carbocycles. The summed E-state index contributed by atoms with van der Waals surface area (Å²) in [7, 11) is 0. The largest absolute Gasteiger partial charge is 0.338 e. The van der Waals surface area contributed by atoms with Gasteiger partial charge in [0.25, 0.3) is 5.91 Å². The van der Waals surface area contributed by atoms with E-state index in [4.69, 9.17) is 0 Å². The molecule has 1 N–H and O–H groups in total. The van der Waals surface area contributed by atoms with Crippen LogP contribution in [0.25, 0.3) is 0 Å². The number of hydrogen-bond donors (Lipinski definition) is 1. The zero-order valence-electron chi connectivity index (χ0n) is 16.2. The van der Waals surface area contributed by atoms with Crippen molar-refractivity contribution in [1.29, 1.82) is 0 Å². The number of aromatic nitrogens is 2. The standard InChI is InChI=1S/C22H22N4O2S/c1-15-20(29-14-24-15)7-8-21(27)26-11-9-16-5-6-18(12-17(16)13-26)25-22(28)19-4-2-3-10-23-19/h2-6,10,12,14H,7-9,11,13H2,1H3,(H,25,28). The van der Waals surface area contributed by atoms with E-state index in [9.17, 15) is 9.59 Å². The van der Waals surface area contributed by atoms with Crippen LogP contribution in [-0.2, 0) is 24.2 Å². The van der Waals surface area contributed by atoms with Crippen LogP contribution >= 0.6 is 11.3 Å². The van der Waals surface area contributed by atoms with E-state index in [1.54, 1.807) is 35.7 Å². The van der Waals surface area contributed by atoms with Gasteiger partial charge in [0.2, 0.25) is 5.91 Å². The number of thiazole rings is 1. The summed E-state index contributed by atoms with van der Waals surface area (Å²) >= 11 is 1.61. The first-order chi connectivity index (χ1) is 14.1. The predicted molar refractivity (Wildman–Crippen MR) is 113 cm³/mol. The number of aryl methyl sites for hydroxylation is 2. The highest BCUT2D eigenvalue weighted by Crippen LogP contribution is 2.24. The Morgan fingerprint density at radius 3 is 2.83 bits per heavy atom. The Morgan fingerprint density at radius 2 is 2.07 bits per heavy atom. The Morgan fingerprint density at radius 1 is 1.17 bits per heavy atom. The number of fused-ring (bicyclic) bond motifs is 1. The molecule has 3 aromatic rings. The fourth-order valence-electron chi connectivity index (χ4n) is 3.48. The molecule has 2 aromatic heterocycles. The highest BCUT2D eigenvalue weighted by molar-refractivity contribution is 7.09. The molecule has 3 heterocycles. The topological polar surface area (TPSA) is 75.2 Å². The highest BCUT2D eigenvalue weighted by atomic mass is 32.1. The molecule has 7 heteroatoms. The number of anilines is 1. The van der Waals surface area contributed by atoms with Gasteiger partial charge in [-0.3, -0.25) is 14.6 Å². The summed E-state index contributed by atoms with van der Waals surface area (Å²) in [4.78, 5) is 36.4. The second-order valence-electron chi connectivity index (χ2n) is 7.08. The number of nitrogens with one attached hydrogen (secondary N) is 1. The van der Waals surface area contributed by atoms with Gasteiger partial charge in [-0.2, -0.15) is 0 Å². The van der Waals surface area contributed by atoms with Crippen LogP contribution in [0.1, 0.15) is 38.6 Å². The third-order valence-corrected chi connectivity index (χ3v) is 6.13. The van der Waals surface area contributed by atoms with Crippen molar-refractivity contribution >= 4 is 28.8 Å². The van der Waals surface area contributed by atoms with Crippen LogP contribution in [0, 0.1) is 6.92 Å². The molecule has 0 spiro atoms. The smallest absolute Gasteiger partial charge is 0.274 e. The minimum atomic E-state index is -0.241. The second kappa shape index (κ2) is 8.53. The van der Waals surface area contributed by atoms with Crippen LogP contribution in [-0.4, -0.2) is 33.2 Å². The molecule has 4 rings (SSSR count). The predicted octanol–water partition coefficient (Wildman–Crippen LogP) is 3.62. The van der Waals surface area contributed by atoms with Gasteiger partial charge in [0, 0.05) is 36.3 Å². The molecule has 0 unspecified atom stereocenters. The van der Waals surface area contributed by atoms with Crippen LogP contribution in [0.15, 0.2) is 48.1 Å². The molecule has 1 aliphatic rings. The number of pyridine rings is 1. The molecule has 0 bridgehead atoms. The van der Waals surface area contributed by atoms with Gasteiger partial charge in [0.15, 0.2) is 0 Å². The Kier molecular flexibility index (Phi) is 5.67. The Hall–Kier alpha value is -3.06. The van der Waals surface area contributed by atoms with Crippen LogP contribution in [0.2, 0.25) is 0 Å². The van der Waals surface area contributed by atoms with Crippen molar-refractivity contribution < 1.29 is 9.59 Å². The summed E-state index contributed by atoms with van der Waals surface area (Å²) < 4.78 is 0. The van der Waals surface area contributed by atoms with Gasteiger partial charge in [-0.25, -0.2) is 4.98 Å². The van der Waals surface area contributed by atoms with E-state index in [-0.39, 0.29) is 11.8 Å². The van der Waals surface area contributed by atoms with Crippen molar-refractivity contribution in [3.8, 4) is 0 Å². The molecule has 0 atom stereocenters. The molecule has 2 amide bonds. The fraction of sp³-hybridized carbons (Fsp3) is 0.273. The first-order valence-corrected chi connectivity index (χ1v) is 10.5. The maximum atomic E-state index is 12.7. The number of amides is 2. The lowest BCUT2D eigenvalue weighted by Crippen LogP contribution is -2.36. The lowest BCUT2D eigenvalue weighted by Gasteiger charge is -2.29. The van der Waals surface area contributed by atoms with Gasteiger partial charge < -0.3 is 10.2 Å². The molecule has 0 radical (unpaired) electrons. The van der Waals surface area contributed by atoms with Crippen LogP contribution in [0.3, 0.4) is 0 Å². The average Bonchev–Trinajstić information content (AvgIpc) is 3.16. The molecular formula is C22H22N4O2S. The summed E-state index contributed by atoms with van der Waals surface area (Å²) in [5.41, 5.74) is 6.24. The second-order valence-corrected chi connectivity index (χ2v) is 8.02. The zero-order chi connectivity index (χ0) is 20.2. The van der Waals surface area contributed by atoms with Crippen molar-refractivity contribution in [2.24, 2.45) is 0 Å². The molecule has 0 aliphatic carbocycles. The quantitative estimate of drug-likeness (QED) is 0.702. The van der Waals surface area contributed by atoms with Crippen molar-refractivity contribution in [2.75, 3.05) is 11.9 Å². The molecule has 148 valence electrons. The van der Waals surface area contributed by atoms with Crippen LogP contribution < -0.4 is 5.32 Å². The number of carbonyl (C=O) groups is 2. The van der Waals surface area contributed by atoms with E-state index in [1.165, 1.54) is 10.4 Å². The van der Waals surface area contributed by atoms with E-state index >= 15 is 0 Å². The third-order valence-electron chi connectivity index (χ3n) is 5.14. The van der Waals surface area contributed by atoms with Gasteiger partial charge in [-0.1, -0.05) is 12.1 Å². The minimum Gasteiger partial charge on any atom is -0.338 e. The van der Waals surface area contributed by atoms with Crippen molar-refractivity contribution in [1.82, 2.24) is 14.9 Å². The maximum Gasteiger partial charge on any atom is 0.274 e. The van der Waals surface area contributed by atoms with Gasteiger partial charge >= 0.3 is 0 Å². The van der Waals surface area contributed by atoms with Crippen molar-refractivity contribution in [3.05, 3.63) is 75.5 Å². The van der Waals surface area contributed by atoms with E-state index in [0.29, 0.717) is 24.3 Å². The van der Waals surface area contributed by atoms with Gasteiger partial charge in [-0.05, 0) is 55.2 Å². The summed E-state index contributed by atoms with van der Waals surface area (Å²) in [5.74, 6) is -0.0828. The van der Waals surface area contributed by atoms with E-state index in [1.807, 2.05) is 35.5 Å². The minimum absolute atomic E-state index is 0.159. The molecule has 0 fully saturated rings. The number of carbonyl (C=O) groups excluding carboxylic acids is 2. The number of rotatable bonds is 5. The van der Waals surface area contributed by atoms with Gasteiger partial charge in [-0.15, -0.1) is 11.3 Å². The summed E-state index contributed by atoms with van der Waals surface area (Å²) in [6, 6.07) is 11.1. The zero-order valence-corrected chi connectivity index (χ0v) is 17.0. The van der Waals surface area contributed by atoms with Crippen LogP contribution in [0.5, 0.6) is 0 Å². The van der Waals surface area contributed by atoms with E-state index < -0.39 is 0 Å².